The first-order valence-electron chi connectivity index (χ1n) is 2.20. The van der Waals surface area contributed by atoms with Crippen molar-refractivity contribution in [3.8, 4) is 0 Å². The Morgan fingerprint density at radius 1 is 1.50 bits per heavy atom. The van der Waals surface area contributed by atoms with Crippen LogP contribution in [0.2, 0.25) is 0 Å². The molecule has 0 aliphatic heterocycles. The first-order chi connectivity index (χ1) is 3.93. The smallest absolute Gasteiger partial charge is 0.0612 e. The summed E-state index contributed by atoms with van der Waals surface area (Å²) in [6.07, 6.45) is 0. The van der Waals surface area contributed by atoms with Gasteiger partial charge in [0.1, 0.15) is 0 Å². The molecule has 2 heteroatoms. The Morgan fingerprint density at radius 3 is 2.75 bits per heavy atom. The van der Waals surface area contributed by atoms with E-state index < -0.39 is 0 Å². The van der Waals surface area contributed by atoms with E-state index in [-0.39, 0.29) is 0 Å². The van der Waals surface area contributed by atoms with Gasteiger partial charge in [-0.05, 0) is 6.07 Å². The van der Waals surface area contributed by atoms with Crippen molar-refractivity contribution < 1.29 is 4.21 Å². The molecular weight excluding hydrogens is 120 g/mol. The molecule has 0 saturated heterocycles. The second kappa shape index (κ2) is 2.52. The maximum atomic E-state index is 10.0. The highest BCUT2D eigenvalue weighted by molar-refractivity contribution is 7.65. The van der Waals surface area contributed by atoms with Crippen LogP contribution in [0.4, 0.5) is 0 Å². The van der Waals surface area contributed by atoms with Crippen LogP contribution in [0.5, 0.6) is 0 Å². The highest BCUT2D eigenvalue weighted by atomic mass is 32.1. The molecule has 0 spiro atoms. The molecule has 0 atom stereocenters. The SMILES string of the molecule is O=[S+]c1[c]cccc1. The molecule has 0 aliphatic carbocycles. The van der Waals surface area contributed by atoms with Crippen molar-refractivity contribution in [3.63, 3.8) is 0 Å². The third-order valence-corrected chi connectivity index (χ3v) is 1.20. The van der Waals surface area contributed by atoms with Gasteiger partial charge >= 0.3 is 11.7 Å². The molecule has 0 fully saturated rings. The molecule has 1 aromatic carbocycles. The molecular formula is C6H4OS+. The van der Waals surface area contributed by atoms with E-state index in [0.29, 0.717) is 16.6 Å². The zero-order valence-corrected chi connectivity index (χ0v) is 4.94. The lowest BCUT2D eigenvalue weighted by Gasteiger charge is -1.69. The van der Waals surface area contributed by atoms with Gasteiger partial charge in [-0.3, -0.25) is 0 Å². The minimum absolute atomic E-state index is 0.463. The van der Waals surface area contributed by atoms with E-state index in [9.17, 15) is 4.21 Å². The quantitative estimate of drug-likeness (QED) is 0.515. The molecule has 0 aliphatic rings. The van der Waals surface area contributed by atoms with Gasteiger partial charge in [-0.1, -0.05) is 12.1 Å². The van der Waals surface area contributed by atoms with E-state index in [2.05, 4.69) is 6.07 Å². The fourth-order valence-electron chi connectivity index (χ4n) is 0.429. The van der Waals surface area contributed by atoms with E-state index in [1.807, 2.05) is 12.1 Å². The largest absolute Gasteiger partial charge is 0.505 e. The first-order valence-corrected chi connectivity index (χ1v) is 2.94. The Balaban J connectivity index is 2.99. The van der Waals surface area contributed by atoms with Crippen LogP contribution < -0.4 is 0 Å². The summed E-state index contributed by atoms with van der Waals surface area (Å²) in [7, 11) is 0. The predicted octanol–water partition coefficient (Wildman–Crippen LogP) is 1.27. The van der Waals surface area contributed by atoms with Gasteiger partial charge < -0.3 is 0 Å². The fraction of sp³-hybridized carbons (Fsp3) is 0. The number of hydrogen-bond donors (Lipinski definition) is 0. The minimum Gasteiger partial charge on any atom is -0.0612 e. The van der Waals surface area contributed by atoms with Gasteiger partial charge in [-0.15, -0.1) is 0 Å². The Morgan fingerprint density at radius 2 is 2.38 bits per heavy atom. The van der Waals surface area contributed by atoms with Gasteiger partial charge in [-0.25, -0.2) is 0 Å². The van der Waals surface area contributed by atoms with Crippen LogP contribution in [-0.4, -0.2) is 0 Å². The summed E-state index contributed by atoms with van der Waals surface area (Å²) in [6.45, 7) is 0. The molecule has 0 bridgehead atoms. The summed E-state index contributed by atoms with van der Waals surface area (Å²) in [6, 6.07) is 9.87. The van der Waals surface area contributed by atoms with E-state index in [0.717, 1.165) is 0 Å². The second-order valence-electron chi connectivity index (χ2n) is 1.31. The van der Waals surface area contributed by atoms with Crippen molar-refractivity contribution >= 4 is 11.7 Å². The van der Waals surface area contributed by atoms with Crippen LogP contribution in [0.15, 0.2) is 29.2 Å². The first kappa shape index (κ1) is 5.38. The maximum Gasteiger partial charge on any atom is 0.505 e. The molecule has 39 valence electrons. The highest BCUT2D eigenvalue weighted by Crippen LogP contribution is 1.94. The normalized spacial score (nSPS) is 8.50. The monoisotopic (exact) mass is 124 g/mol. The van der Waals surface area contributed by atoms with E-state index >= 15 is 0 Å². The van der Waals surface area contributed by atoms with Gasteiger partial charge in [0.05, 0.1) is 6.07 Å². The Bertz CT molecular complexity index is 171. The topological polar surface area (TPSA) is 17.1 Å². The molecule has 8 heavy (non-hydrogen) atoms. The number of rotatable bonds is 1. The molecule has 0 unspecified atom stereocenters. The zero-order valence-electron chi connectivity index (χ0n) is 4.13. The average Bonchev–Trinajstić information content (AvgIpc) is 1.90. The summed E-state index contributed by atoms with van der Waals surface area (Å²) >= 11 is 0.463. The molecule has 0 saturated carbocycles. The Kier molecular flexibility index (Phi) is 1.70. The van der Waals surface area contributed by atoms with E-state index in [1.165, 1.54) is 0 Å². The van der Waals surface area contributed by atoms with Crippen molar-refractivity contribution in [2.24, 2.45) is 0 Å². The maximum absolute atomic E-state index is 10.0. The van der Waals surface area contributed by atoms with E-state index in [4.69, 9.17) is 0 Å². The summed E-state index contributed by atoms with van der Waals surface area (Å²) in [5.41, 5.74) is 0. The van der Waals surface area contributed by atoms with Crippen molar-refractivity contribution in [2.45, 2.75) is 4.90 Å². The summed E-state index contributed by atoms with van der Waals surface area (Å²) in [5.74, 6) is 0. The van der Waals surface area contributed by atoms with Crippen LogP contribution in [-0.2, 0) is 15.9 Å². The Labute approximate surface area is 51.8 Å². The molecule has 1 radical (unpaired) electrons. The second-order valence-corrected chi connectivity index (χ2v) is 1.92. The lowest BCUT2D eigenvalue weighted by Crippen LogP contribution is -1.67. The standard InChI is InChI=1S/C6H4OS/c7-8-6-4-2-1-3-5-6/h1-4H/q+1. The summed E-state index contributed by atoms with van der Waals surface area (Å²) < 4.78 is 10.0. The summed E-state index contributed by atoms with van der Waals surface area (Å²) in [5, 5.41) is 0. The molecule has 0 heterocycles. The van der Waals surface area contributed by atoms with Gasteiger partial charge in [0, 0.05) is 10.3 Å². The van der Waals surface area contributed by atoms with Crippen molar-refractivity contribution in [1.29, 1.82) is 0 Å². The lowest BCUT2D eigenvalue weighted by molar-refractivity contribution is 0.605. The van der Waals surface area contributed by atoms with Gasteiger partial charge in [0.2, 0.25) is 0 Å². The predicted molar refractivity (Wildman–Crippen MR) is 31.6 cm³/mol. The Hall–Kier alpha value is -0.760. The van der Waals surface area contributed by atoms with Crippen molar-refractivity contribution in [2.75, 3.05) is 0 Å². The third-order valence-electron chi connectivity index (χ3n) is 0.770. The van der Waals surface area contributed by atoms with Crippen LogP contribution in [0, 0.1) is 6.07 Å². The van der Waals surface area contributed by atoms with Crippen molar-refractivity contribution in [1.82, 2.24) is 0 Å². The third kappa shape index (κ3) is 1.10. The lowest BCUT2D eigenvalue weighted by atomic mass is 10.4. The molecule has 0 N–H and O–H groups in total. The van der Waals surface area contributed by atoms with Gasteiger partial charge in [0.15, 0.2) is 0 Å². The minimum atomic E-state index is 0.463. The summed E-state index contributed by atoms with van der Waals surface area (Å²) in [4.78, 5) is 0.646. The number of hydrogen-bond acceptors (Lipinski definition) is 1. The van der Waals surface area contributed by atoms with E-state index in [1.54, 1.807) is 12.1 Å². The molecule has 0 amide bonds. The van der Waals surface area contributed by atoms with Crippen LogP contribution in [0.25, 0.3) is 0 Å². The molecule has 0 aromatic heterocycles. The van der Waals surface area contributed by atoms with Gasteiger partial charge in [0.25, 0.3) is 4.90 Å². The zero-order chi connectivity index (χ0) is 5.82. The number of benzene rings is 1. The van der Waals surface area contributed by atoms with Crippen LogP contribution >= 0.6 is 0 Å². The van der Waals surface area contributed by atoms with Gasteiger partial charge in [-0.2, -0.15) is 0 Å². The van der Waals surface area contributed by atoms with Crippen molar-refractivity contribution in [3.05, 3.63) is 30.3 Å². The van der Waals surface area contributed by atoms with Crippen LogP contribution in [0.1, 0.15) is 0 Å². The average molecular weight is 124 g/mol. The fourth-order valence-corrected chi connectivity index (χ4v) is 0.679. The molecule has 1 aromatic rings. The van der Waals surface area contributed by atoms with Crippen LogP contribution in [0.3, 0.4) is 0 Å². The molecule has 1 nitrogen and oxygen atoms in total. The molecule has 1 rings (SSSR count). The highest BCUT2D eigenvalue weighted by Gasteiger charge is 2.00.